The van der Waals surface area contributed by atoms with Crippen LogP contribution in [0.4, 0.5) is 16.2 Å². The largest absolute Gasteiger partial charge is 0.457 e. The van der Waals surface area contributed by atoms with Crippen LogP contribution >= 0.6 is 35.0 Å². The number of amides is 3. The van der Waals surface area contributed by atoms with Crippen LogP contribution in [0, 0.1) is 17.0 Å². The lowest BCUT2D eigenvalue weighted by Gasteiger charge is -2.12. The zero-order chi connectivity index (χ0) is 25.3. The molecule has 3 aromatic rings. The molecule has 0 aliphatic carbocycles. The molecule has 35 heavy (non-hydrogen) atoms. The summed E-state index contributed by atoms with van der Waals surface area (Å²) in [5.41, 5.74) is 1.43. The van der Waals surface area contributed by atoms with E-state index < -0.39 is 28.5 Å². The standard InChI is InChI=1S/C23H15Cl2N3O6S/c1-12-2-3-13(8-18(12)25)26-21(29)11-27-22(30)20(35-23(27)31)10-15-5-7-19(34-15)16-9-14(28(32)33)4-6-17(16)24/h2-10H,11H2,1H3,(H,26,29)/b20-10+. The first-order valence-corrected chi connectivity index (χ1v) is 11.5. The van der Waals surface area contributed by atoms with Crippen LogP contribution in [0.1, 0.15) is 11.3 Å². The molecule has 0 spiro atoms. The first kappa shape index (κ1) is 24.5. The average molecular weight is 532 g/mol. The van der Waals surface area contributed by atoms with Gasteiger partial charge in [-0.15, -0.1) is 0 Å². The van der Waals surface area contributed by atoms with Gasteiger partial charge in [-0.3, -0.25) is 29.4 Å². The van der Waals surface area contributed by atoms with Crippen LogP contribution in [-0.4, -0.2) is 33.4 Å². The lowest BCUT2D eigenvalue weighted by molar-refractivity contribution is -0.384. The second-order valence-electron chi connectivity index (χ2n) is 7.40. The van der Waals surface area contributed by atoms with Crippen LogP contribution in [0.2, 0.25) is 10.0 Å². The molecule has 2 heterocycles. The lowest BCUT2D eigenvalue weighted by atomic mass is 10.1. The first-order valence-electron chi connectivity index (χ1n) is 9.98. The van der Waals surface area contributed by atoms with Crippen molar-refractivity contribution in [2.45, 2.75) is 6.92 Å². The Balaban J connectivity index is 1.48. The summed E-state index contributed by atoms with van der Waals surface area (Å²) >= 11 is 12.9. The van der Waals surface area contributed by atoms with Gasteiger partial charge in [-0.05, 0) is 54.6 Å². The van der Waals surface area contributed by atoms with Crippen molar-refractivity contribution in [3.8, 4) is 11.3 Å². The second kappa shape index (κ2) is 9.95. The molecule has 2 aromatic carbocycles. The van der Waals surface area contributed by atoms with Gasteiger partial charge in [0.05, 0.1) is 14.9 Å². The predicted molar refractivity (Wildman–Crippen MR) is 133 cm³/mol. The normalized spacial score (nSPS) is 14.6. The van der Waals surface area contributed by atoms with Crippen LogP contribution in [0.5, 0.6) is 0 Å². The number of anilines is 1. The lowest BCUT2D eigenvalue weighted by Crippen LogP contribution is -2.36. The van der Waals surface area contributed by atoms with Crippen LogP contribution in [0.15, 0.2) is 57.9 Å². The van der Waals surface area contributed by atoms with Gasteiger partial charge in [0.15, 0.2) is 0 Å². The molecule has 1 aliphatic rings. The van der Waals surface area contributed by atoms with E-state index in [0.717, 1.165) is 10.5 Å². The third kappa shape index (κ3) is 5.40. The Hall–Kier alpha value is -3.60. The number of benzene rings is 2. The molecule has 0 saturated carbocycles. The summed E-state index contributed by atoms with van der Waals surface area (Å²) in [6.07, 6.45) is 1.36. The first-order chi connectivity index (χ1) is 16.6. The summed E-state index contributed by atoms with van der Waals surface area (Å²) < 4.78 is 5.68. The molecule has 12 heteroatoms. The summed E-state index contributed by atoms with van der Waals surface area (Å²) in [4.78, 5) is 48.9. The van der Waals surface area contributed by atoms with Crippen LogP contribution in [0.25, 0.3) is 17.4 Å². The van der Waals surface area contributed by atoms with E-state index in [1.165, 1.54) is 30.3 Å². The third-order valence-corrected chi connectivity index (χ3v) is 6.60. The van der Waals surface area contributed by atoms with Gasteiger partial charge >= 0.3 is 0 Å². The number of hydrogen-bond donors (Lipinski definition) is 1. The van der Waals surface area contributed by atoms with Gasteiger partial charge in [-0.25, -0.2) is 0 Å². The smallest absolute Gasteiger partial charge is 0.294 e. The second-order valence-corrected chi connectivity index (χ2v) is 9.21. The highest BCUT2D eigenvalue weighted by Crippen LogP contribution is 2.35. The number of aryl methyl sites for hydroxylation is 1. The number of nitrogens with zero attached hydrogens (tertiary/aromatic N) is 2. The Morgan fingerprint density at radius 2 is 1.91 bits per heavy atom. The van der Waals surface area contributed by atoms with Crippen molar-refractivity contribution >= 4 is 69.5 Å². The van der Waals surface area contributed by atoms with Crippen LogP contribution < -0.4 is 5.32 Å². The molecule has 0 atom stereocenters. The highest BCUT2D eigenvalue weighted by atomic mass is 35.5. The monoisotopic (exact) mass is 531 g/mol. The SMILES string of the molecule is Cc1ccc(NC(=O)CN2C(=O)S/C(=C/c3ccc(-c4cc([N+](=O)[O-])ccc4Cl)o3)C2=O)cc1Cl. The molecule has 3 amide bonds. The number of nitro benzene ring substituents is 1. The van der Waals surface area contributed by atoms with Crippen molar-refractivity contribution in [1.29, 1.82) is 0 Å². The number of nitrogens with one attached hydrogen (secondary N) is 1. The number of imide groups is 1. The molecule has 4 rings (SSSR count). The van der Waals surface area contributed by atoms with E-state index >= 15 is 0 Å². The maximum Gasteiger partial charge on any atom is 0.294 e. The molecule has 1 aromatic heterocycles. The topological polar surface area (TPSA) is 123 Å². The number of furan rings is 1. The Morgan fingerprint density at radius 3 is 2.63 bits per heavy atom. The fraction of sp³-hybridized carbons (Fsp3) is 0.0870. The summed E-state index contributed by atoms with van der Waals surface area (Å²) in [5, 5.41) is 13.8. The average Bonchev–Trinajstić information content (AvgIpc) is 3.36. The minimum absolute atomic E-state index is 0.0622. The predicted octanol–water partition coefficient (Wildman–Crippen LogP) is 6.15. The van der Waals surface area contributed by atoms with Gasteiger partial charge in [-0.1, -0.05) is 29.3 Å². The number of halogens is 2. The van der Waals surface area contributed by atoms with Crippen LogP contribution in [-0.2, 0) is 9.59 Å². The molecule has 1 fully saturated rings. The molecule has 9 nitrogen and oxygen atoms in total. The molecule has 1 saturated heterocycles. The highest BCUT2D eigenvalue weighted by molar-refractivity contribution is 8.18. The minimum Gasteiger partial charge on any atom is -0.457 e. The summed E-state index contributed by atoms with van der Waals surface area (Å²) in [6.45, 7) is 1.35. The Labute approximate surface area is 212 Å². The molecule has 178 valence electrons. The maximum atomic E-state index is 12.7. The van der Waals surface area contributed by atoms with E-state index in [1.807, 2.05) is 6.92 Å². The van der Waals surface area contributed by atoms with Gasteiger partial charge in [-0.2, -0.15) is 0 Å². The number of carbonyl (C=O) groups excluding carboxylic acids is 3. The summed E-state index contributed by atoms with van der Waals surface area (Å²) in [6, 6.07) is 12.0. The fourth-order valence-corrected chi connectivity index (χ4v) is 4.38. The fourth-order valence-electron chi connectivity index (χ4n) is 3.17. The quantitative estimate of drug-likeness (QED) is 0.230. The Morgan fingerprint density at radius 1 is 1.14 bits per heavy atom. The van der Waals surface area contributed by atoms with E-state index in [4.69, 9.17) is 27.6 Å². The van der Waals surface area contributed by atoms with Crippen molar-refractivity contribution < 1.29 is 23.7 Å². The van der Waals surface area contributed by atoms with Gasteiger partial charge in [0.1, 0.15) is 18.1 Å². The molecular weight excluding hydrogens is 517 g/mol. The number of thioether (sulfide) groups is 1. The Bertz CT molecular complexity index is 1420. The zero-order valence-corrected chi connectivity index (χ0v) is 20.2. The van der Waals surface area contributed by atoms with Gasteiger partial charge in [0.25, 0.3) is 16.8 Å². The van der Waals surface area contributed by atoms with E-state index in [9.17, 15) is 24.5 Å². The van der Waals surface area contributed by atoms with Gasteiger partial charge in [0, 0.05) is 34.5 Å². The number of carbonyl (C=O) groups is 3. The molecule has 0 bridgehead atoms. The maximum absolute atomic E-state index is 12.7. The number of rotatable bonds is 6. The Kier molecular flexibility index (Phi) is 6.97. The molecule has 1 N–H and O–H groups in total. The number of hydrogen-bond acceptors (Lipinski definition) is 7. The van der Waals surface area contributed by atoms with E-state index in [0.29, 0.717) is 28.0 Å². The van der Waals surface area contributed by atoms with E-state index in [1.54, 1.807) is 24.3 Å². The van der Waals surface area contributed by atoms with Crippen molar-refractivity contribution in [2.75, 3.05) is 11.9 Å². The van der Waals surface area contributed by atoms with Crippen LogP contribution in [0.3, 0.4) is 0 Å². The van der Waals surface area contributed by atoms with Crippen molar-refractivity contribution in [3.05, 3.63) is 84.9 Å². The van der Waals surface area contributed by atoms with Crippen molar-refractivity contribution in [1.82, 2.24) is 4.90 Å². The molecule has 0 unspecified atom stereocenters. The van der Waals surface area contributed by atoms with E-state index in [-0.39, 0.29) is 27.1 Å². The summed E-state index contributed by atoms with van der Waals surface area (Å²) in [5.74, 6) is -0.732. The molecule has 0 radical (unpaired) electrons. The number of nitro groups is 1. The third-order valence-electron chi connectivity index (χ3n) is 4.96. The number of non-ortho nitro benzene ring substituents is 1. The molecule has 1 aliphatic heterocycles. The minimum atomic E-state index is -0.650. The van der Waals surface area contributed by atoms with E-state index in [2.05, 4.69) is 5.32 Å². The zero-order valence-electron chi connectivity index (χ0n) is 17.9. The highest BCUT2D eigenvalue weighted by Gasteiger charge is 2.36. The molecular formula is C23H15Cl2N3O6S. The van der Waals surface area contributed by atoms with Crippen molar-refractivity contribution in [2.24, 2.45) is 0 Å². The van der Waals surface area contributed by atoms with Crippen molar-refractivity contribution in [3.63, 3.8) is 0 Å². The van der Waals surface area contributed by atoms with Gasteiger partial charge in [0.2, 0.25) is 5.91 Å². The summed E-state index contributed by atoms with van der Waals surface area (Å²) in [7, 11) is 0. The van der Waals surface area contributed by atoms with Gasteiger partial charge < -0.3 is 9.73 Å².